The van der Waals surface area contributed by atoms with E-state index in [9.17, 15) is 5.11 Å². The van der Waals surface area contributed by atoms with E-state index in [4.69, 9.17) is 4.74 Å². The Morgan fingerprint density at radius 3 is 2.59 bits per heavy atom. The van der Waals surface area contributed by atoms with Gasteiger partial charge in [-0.15, -0.1) is 0 Å². The molecule has 0 unspecified atom stereocenters. The van der Waals surface area contributed by atoms with Crippen LogP contribution >= 0.6 is 0 Å². The molecule has 1 saturated heterocycles. The molecule has 1 aromatic rings. The second-order valence-corrected chi connectivity index (χ2v) is 5.77. The van der Waals surface area contributed by atoms with Crippen molar-refractivity contribution in [2.45, 2.75) is 50.9 Å². The molecule has 3 atom stereocenters. The van der Waals surface area contributed by atoms with Gasteiger partial charge in [-0.25, -0.2) is 0 Å². The Hall–Kier alpha value is -0.860. The van der Waals surface area contributed by atoms with Crippen LogP contribution in [0.25, 0.3) is 0 Å². The van der Waals surface area contributed by atoms with Crippen molar-refractivity contribution in [1.82, 2.24) is 0 Å². The fourth-order valence-electron chi connectivity index (χ4n) is 3.38. The minimum Gasteiger partial charge on any atom is -0.365 e. The fourth-order valence-corrected chi connectivity index (χ4v) is 3.38. The van der Waals surface area contributed by atoms with E-state index in [0.717, 1.165) is 25.7 Å². The van der Waals surface area contributed by atoms with E-state index in [1.807, 2.05) is 18.2 Å². The number of hydrogen-bond donors (Lipinski definition) is 1. The molecule has 1 heterocycles. The monoisotopic (exact) mass is 232 g/mol. The standard InChI is InChI=1S/C15H20O2/c1-14-9-5-6-10-15(14,16)17-13(11-14)12-7-3-2-4-8-12/h2-4,7-8,13,16H,5-6,9-11H2,1H3/t13-,14-,15-/m0/s1. The number of ether oxygens (including phenoxy) is 1. The van der Waals surface area contributed by atoms with Crippen LogP contribution in [0.15, 0.2) is 30.3 Å². The van der Waals surface area contributed by atoms with E-state index in [1.54, 1.807) is 0 Å². The summed E-state index contributed by atoms with van der Waals surface area (Å²) in [7, 11) is 0. The lowest BCUT2D eigenvalue weighted by Crippen LogP contribution is -2.45. The molecular formula is C15H20O2. The predicted molar refractivity (Wildman–Crippen MR) is 66.4 cm³/mol. The average Bonchev–Trinajstić information content (AvgIpc) is 2.62. The molecule has 1 aromatic carbocycles. The highest BCUT2D eigenvalue weighted by atomic mass is 16.6. The second-order valence-electron chi connectivity index (χ2n) is 5.77. The molecule has 0 amide bonds. The molecule has 0 spiro atoms. The van der Waals surface area contributed by atoms with Gasteiger partial charge in [0.15, 0.2) is 5.79 Å². The summed E-state index contributed by atoms with van der Waals surface area (Å²) >= 11 is 0. The molecule has 2 aliphatic rings. The molecule has 1 N–H and O–H groups in total. The van der Waals surface area contributed by atoms with Crippen LogP contribution in [0.5, 0.6) is 0 Å². The summed E-state index contributed by atoms with van der Waals surface area (Å²) in [5, 5.41) is 10.7. The van der Waals surface area contributed by atoms with E-state index in [-0.39, 0.29) is 11.5 Å². The molecule has 0 bridgehead atoms. The Morgan fingerprint density at radius 1 is 1.18 bits per heavy atom. The van der Waals surface area contributed by atoms with Gasteiger partial charge in [0.1, 0.15) is 0 Å². The van der Waals surface area contributed by atoms with Gasteiger partial charge >= 0.3 is 0 Å². The SMILES string of the molecule is C[C@@]12CCCC[C@]1(O)O[C@H](c1ccccc1)C2. The third-order valence-corrected chi connectivity index (χ3v) is 4.58. The first kappa shape index (κ1) is 11.2. The first-order chi connectivity index (χ1) is 8.13. The minimum absolute atomic E-state index is 0.0595. The summed E-state index contributed by atoms with van der Waals surface area (Å²) in [5.41, 5.74) is 1.13. The highest BCUT2D eigenvalue weighted by molar-refractivity contribution is 5.20. The van der Waals surface area contributed by atoms with Crippen LogP contribution in [0, 0.1) is 5.41 Å². The number of aliphatic hydroxyl groups is 1. The zero-order valence-electron chi connectivity index (χ0n) is 10.4. The Morgan fingerprint density at radius 2 is 1.88 bits per heavy atom. The normalized spacial score (nSPS) is 41.2. The summed E-state index contributed by atoms with van der Waals surface area (Å²) in [6.07, 6.45) is 5.15. The molecule has 2 heteroatoms. The maximum Gasteiger partial charge on any atom is 0.171 e. The quantitative estimate of drug-likeness (QED) is 0.804. The molecule has 1 aliphatic carbocycles. The van der Waals surface area contributed by atoms with Crippen molar-refractivity contribution >= 4 is 0 Å². The average molecular weight is 232 g/mol. The van der Waals surface area contributed by atoms with Crippen molar-refractivity contribution in [1.29, 1.82) is 0 Å². The zero-order valence-corrected chi connectivity index (χ0v) is 10.4. The molecule has 2 nitrogen and oxygen atoms in total. The van der Waals surface area contributed by atoms with Crippen LogP contribution in [0.4, 0.5) is 0 Å². The van der Waals surface area contributed by atoms with Crippen molar-refractivity contribution in [3.8, 4) is 0 Å². The fraction of sp³-hybridized carbons (Fsp3) is 0.600. The Labute approximate surface area is 103 Å². The number of rotatable bonds is 1. The van der Waals surface area contributed by atoms with Crippen LogP contribution in [-0.4, -0.2) is 10.9 Å². The summed E-state index contributed by atoms with van der Waals surface area (Å²) in [6.45, 7) is 2.18. The smallest absolute Gasteiger partial charge is 0.171 e. The Balaban J connectivity index is 1.89. The highest BCUT2D eigenvalue weighted by Crippen LogP contribution is 2.57. The molecule has 2 fully saturated rings. The van der Waals surface area contributed by atoms with Gasteiger partial charge in [-0.3, -0.25) is 0 Å². The van der Waals surface area contributed by atoms with Gasteiger partial charge in [-0.2, -0.15) is 0 Å². The molecule has 1 aliphatic heterocycles. The second kappa shape index (κ2) is 3.82. The van der Waals surface area contributed by atoms with E-state index in [1.165, 1.54) is 12.0 Å². The van der Waals surface area contributed by atoms with Gasteiger partial charge in [0.05, 0.1) is 6.10 Å². The minimum atomic E-state index is -0.897. The van der Waals surface area contributed by atoms with Gasteiger partial charge in [0.2, 0.25) is 0 Å². The van der Waals surface area contributed by atoms with Crippen molar-refractivity contribution in [2.24, 2.45) is 5.41 Å². The van der Waals surface area contributed by atoms with Crippen molar-refractivity contribution in [2.75, 3.05) is 0 Å². The predicted octanol–water partition coefficient (Wildman–Crippen LogP) is 3.42. The molecule has 17 heavy (non-hydrogen) atoms. The Bertz CT molecular complexity index is 383. The number of benzene rings is 1. The summed E-state index contributed by atoms with van der Waals surface area (Å²) < 4.78 is 6.00. The topological polar surface area (TPSA) is 29.5 Å². The zero-order chi connectivity index (χ0) is 11.9. The van der Waals surface area contributed by atoms with E-state index >= 15 is 0 Å². The highest BCUT2D eigenvalue weighted by Gasteiger charge is 2.56. The van der Waals surface area contributed by atoms with Crippen molar-refractivity contribution in [3.05, 3.63) is 35.9 Å². The first-order valence-corrected chi connectivity index (χ1v) is 6.58. The lowest BCUT2D eigenvalue weighted by molar-refractivity contribution is -0.252. The first-order valence-electron chi connectivity index (χ1n) is 6.58. The van der Waals surface area contributed by atoms with E-state index in [2.05, 4.69) is 19.1 Å². The van der Waals surface area contributed by atoms with Gasteiger partial charge in [-0.05, 0) is 24.8 Å². The van der Waals surface area contributed by atoms with Gasteiger partial charge in [0.25, 0.3) is 0 Å². The summed E-state index contributed by atoms with van der Waals surface area (Å²) in [6, 6.07) is 10.3. The van der Waals surface area contributed by atoms with Crippen LogP contribution in [-0.2, 0) is 4.74 Å². The summed E-state index contributed by atoms with van der Waals surface area (Å²) in [5.74, 6) is -0.897. The molecular weight excluding hydrogens is 212 g/mol. The van der Waals surface area contributed by atoms with Crippen LogP contribution < -0.4 is 0 Å². The molecule has 0 radical (unpaired) electrons. The molecule has 3 rings (SSSR count). The van der Waals surface area contributed by atoms with Crippen LogP contribution in [0.3, 0.4) is 0 Å². The van der Waals surface area contributed by atoms with Crippen LogP contribution in [0.1, 0.15) is 50.7 Å². The van der Waals surface area contributed by atoms with Crippen molar-refractivity contribution < 1.29 is 9.84 Å². The lowest BCUT2D eigenvalue weighted by Gasteiger charge is -2.41. The number of fused-ring (bicyclic) bond motifs is 1. The van der Waals surface area contributed by atoms with Crippen molar-refractivity contribution in [3.63, 3.8) is 0 Å². The maximum atomic E-state index is 10.7. The molecule has 92 valence electrons. The van der Waals surface area contributed by atoms with E-state index in [0.29, 0.717) is 0 Å². The summed E-state index contributed by atoms with van der Waals surface area (Å²) in [4.78, 5) is 0. The van der Waals surface area contributed by atoms with Gasteiger partial charge in [-0.1, -0.05) is 43.7 Å². The van der Waals surface area contributed by atoms with E-state index < -0.39 is 5.79 Å². The van der Waals surface area contributed by atoms with Gasteiger partial charge < -0.3 is 9.84 Å². The lowest BCUT2D eigenvalue weighted by atomic mass is 9.69. The van der Waals surface area contributed by atoms with Crippen LogP contribution in [0.2, 0.25) is 0 Å². The van der Waals surface area contributed by atoms with Gasteiger partial charge in [0, 0.05) is 11.8 Å². The molecule has 1 saturated carbocycles. The largest absolute Gasteiger partial charge is 0.365 e. The third kappa shape index (κ3) is 1.71. The number of hydrogen-bond acceptors (Lipinski definition) is 2. The maximum absolute atomic E-state index is 10.7. The Kier molecular flexibility index (Phi) is 2.53. The molecule has 0 aromatic heterocycles. The third-order valence-electron chi connectivity index (χ3n) is 4.58.